The summed E-state index contributed by atoms with van der Waals surface area (Å²) in [4.78, 5) is 48.1. The van der Waals surface area contributed by atoms with Gasteiger partial charge in [0.05, 0.1) is 23.2 Å². The number of thioether (sulfide) groups is 1. The van der Waals surface area contributed by atoms with Crippen LogP contribution >= 0.6 is 11.8 Å². The van der Waals surface area contributed by atoms with Gasteiger partial charge in [0.25, 0.3) is 5.91 Å². The average molecular weight is 574 g/mol. The van der Waals surface area contributed by atoms with Crippen LogP contribution in [0.25, 0.3) is 0 Å². The van der Waals surface area contributed by atoms with Crippen LogP contribution in [0.4, 0.5) is 5.69 Å². The van der Waals surface area contributed by atoms with Crippen molar-refractivity contribution in [2.45, 2.75) is 49.3 Å². The highest BCUT2D eigenvalue weighted by Gasteiger charge is 2.74. The summed E-state index contributed by atoms with van der Waals surface area (Å²) in [7, 11) is 0. The number of hydrogen-bond donors (Lipinski definition) is 1. The van der Waals surface area contributed by atoms with Gasteiger partial charge in [-0.2, -0.15) is 0 Å². The number of anilines is 1. The first kappa shape index (κ1) is 29.1. The van der Waals surface area contributed by atoms with E-state index in [9.17, 15) is 19.5 Å². The molecule has 3 aliphatic rings. The third-order valence-corrected chi connectivity index (χ3v) is 10.8. The van der Waals surface area contributed by atoms with Gasteiger partial charge in [0.1, 0.15) is 6.04 Å². The summed E-state index contributed by atoms with van der Waals surface area (Å²) in [5, 5.41) is 9.95. The SMILES string of the molecule is C=CCN(Cc1ccccc1)C(=O)[C@@H]1[C@H]2C(=O)N(CCO)C(C(=O)N(CC=C)c3c(C)cccc3C)C23CC[C@H]1S3. The van der Waals surface area contributed by atoms with Crippen LogP contribution in [0.1, 0.15) is 29.5 Å². The maximum Gasteiger partial charge on any atom is 0.251 e. The molecule has 7 nitrogen and oxygen atoms in total. The first-order valence-electron chi connectivity index (χ1n) is 14.3. The number of carbonyl (C=O) groups excluding carboxylic acids is 3. The van der Waals surface area contributed by atoms with E-state index in [0.29, 0.717) is 26.1 Å². The van der Waals surface area contributed by atoms with Gasteiger partial charge in [0.2, 0.25) is 11.8 Å². The van der Waals surface area contributed by atoms with Crippen molar-refractivity contribution in [3.05, 3.63) is 90.5 Å². The van der Waals surface area contributed by atoms with Crippen LogP contribution in [0, 0.1) is 25.7 Å². The van der Waals surface area contributed by atoms with Crippen LogP contribution in [-0.2, 0) is 20.9 Å². The highest BCUT2D eigenvalue weighted by atomic mass is 32.2. The molecule has 5 atom stereocenters. The zero-order chi connectivity index (χ0) is 29.3. The number of amides is 3. The highest BCUT2D eigenvalue weighted by Crippen LogP contribution is 2.66. The minimum atomic E-state index is -0.777. The van der Waals surface area contributed by atoms with E-state index < -0.39 is 22.6 Å². The lowest BCUT2D eigenvalue weighted by Crippen LogP contribution is -2.55. The predicted molar refractivity (Wildman–Crippen MR) is 163 cm³/mol. The Labute approximate surface area is 246 Å². The van der Waals surface area contributed by atoms with Crippen molar-refractivity contribution < 1.29 is 19.5 Å². The molecule has 1 spiro atoms. The molecule has 2 aromatic carbocycles. The Morgan fingerprint density at radius 2 is 1.73 bits per heavy atom. The molecule has 2 aromatic rings. The van der Waals surface area contributed by atoms with Crippen molar-refractivity contribution in [3.8, 4) is 0 Å². The second kappa shape index (κ2) is 11.9. The Morgan fingerprint density at radius 1 is 1.05 bits per heavy atom. The quantitative estimate of drug-likeness (QED) is 0.409. The molecule has 3 amide bonds. The summed E-state index contributed by atoms with van der Waals surface area (Å²) in [5.41, 5.74) is 3.75. The molecule has 0 radical (unpaired) electrons. The number of rotatable bonds is 11. The lowest BCUT2D eigenvalue weighted by Gasteiger charge is -2.38. The fourth-order valence-electron chi connectivity index (χ4n) is 7.26. The van der Waals surface area contributed by atoms with Crippen LogP contribution in [-0.4, -0.2) is 74.9 Å². The van der Waals surface area contributed by atoms with Gasteiger partial charge in [-0.25, -0.2) is 0 Å². The zero-order valence-electron chi connectivity index (χ0n) is 23.9. The predicted octanol–water partition coefficient (Wildman–Crippen LogP) is 4.12. The lowest BCUT2D eigenvalue weighted by molar-refractivity contribution is -0.144. The molecule has 0 aromatic heterocycles. The number of likely N-dealkylation sites (tertiary alicyclic amines) is 1. The second-order valence-corrected chi connectivity index (χ2v) is 12.9. The minimum absolute atomic E-state index is 0.0424. The van der Waals surface area contributed by atoms with E-state index in [0.717, 1.165) is 28.8 Å². The van der Waals surface area contributed by atoms with Crippen molar-refractivity contribution in [1.29, 1.82) is 0 Å². The van der Waals surface area contributed by atoms with Crippen LogP contribution in [0.15, 0.2) is 73.8 Å². The molecule has 0 saturated carbocycles. The van der Waals surface area contributed by atoms with E-state index in [1.165, 1.54) is 0 Å². The van der Waals surface area contributed by atoms with E-state index in [1.807, 2.05) is 62.4 Å². The molecule has 1 N–H and O–H groups in total. The molecular formula is C33H39N3O4S. The van der Waals surface area contributed by atoms with Crippen molar-refractivity contribution >= 4 is 35.2 Å². The number of carbonyl (C=O) groups is 3. The molecule has 2 unspecified atom stereocenters. The Kier molecular flexibility index (Phi) is 8.43. The number of benzene rings is 2. The molecule has 3 fully saturated rings. The normalized spacial score (nSPS) is 26.1. The van der Waals surface area contributed by atoms with Gasteiger partial charge in [-0.1, -0.05) is 60.7 Å². The Bertz CT molecular complexity index is 1330. The van der Waals surface area contributed by atoms with E-state index in [2.05, 4.69) is 13.2 Å². The largest absolute Gasteiger partial charge is 0.395 e. The summed E-state index contributed by atoms with van der Waals surface area (Å²) in [6.07, 6.45) is 4.86. The van der Waals surface area contributed by atoms with Crippen molar-refractivity contribution in [3.63, 3.8) is 0 Å². The maximum absolute atomic E-state index is 14.6. The number of hydrogen-bond acceptors (Lipinski definition) is 5. The van der Waals surface area contributed by atoms with Gasteiger partial charge in [-0.15, -0.1) is 24.9 Å². The number of aryl methyl sites for hydroxylation is 2. The van der Waals surface area contributed by atoms with Gasteiger partial charge in [-0.3, -0.25) is 14.4 Å². The third kappa shape index (κ3) is 4.91. The fraction of sp³-hybridized carbons (Fsp3) is 0.424. The Hall–Kier alpha value is -3.36. The first-order chi connectivity index (χ1) is 19.8. The fourth-order valence-corrected chi connectivity index (χ4v) is 9.47. The highest BCUT2D eigenvalue weighted by molar-refractivity contribution is 8.02. The van der Waals surface area contributed by atoms with E-state index in [-0.39, 0.29) is 36.1 Å². The lowest BCUT2D eigenvalue weighted by atomic mass is 9.70. The Balaban J connectivity index is 1.53. The molecule has 41 heavy (non-hydrogen) atoms. The van der Waals surface area contributed by atoms with Gasteiger partial charge in [-0.05, 0) is 43.4 Å². The van der Waals surface area contributed by atoms with Crippen LogP contribution in [0.3, 0.4) is 0 Å². The molecule has 3 heterocycles. The number of β-amino-alcohol motifs (C(OH)–C–C–N with tert-alkyl or cyclic N) is 1. The minimum Gasteiger partial charge on any atom is -0.395 e. The number of nitrogens with zero attached hydrogens (tertiary/aromatic N) is 3. The summed E-state index contributed by atoms with van der Waals surface area (Å²) in [6, 6.07) is 14.9. The topological polar surface area (TPSA) is 81.2 Å². The van der Waals surface area contributed by atoms with Crippen molar-refractivity contribution in [2.75, 3.05) is 31.1 Å². The van der Waals surface area contributed by atoms with Gasteiger partial charge in [0.15, 0.2) is 0 Å². The first-order valence-corrected chi connectivity index (χ1v) is 15.2. The number of para-hydroxylation sites is 1. The number of aliphatic hydroxyl groups excluding tert-OH is 1. The molecule has 0 aliphatic carbocycles. The number of aliphatic hydroxyl groups is 1. The van der Waals surface area contributed by atoms with Crippen LogP contribution in [0.2, 0.25) is 0 Å². The Morgan fingerprint density at radius 3 is 2.37 bits per heavy atom. The standard InChI is InChI=1S/C33H39N3O4S/c1-5-17-34(21-24-13-8-7-9-14-24)30(38)26-25-15-16-33(41-25)27(26)31(39)36(19-20-37)29(33)32(40)35(18-6-2)28-22(3)11-10-12-23(28)4/h5-14,25-27,29,37H,1-2,15-21H2,3-4H3/t25-,26+,27+,29?,33?/m1/s1. The molecule has 5 rings (SSSR count). The van der Waals surface area contributed by atoms with E-state index >= 15 is 0 Å². The summed E-state index contributed by atoms with van der Waals surface area (Å²) in [5.74, 6) is -1.60. The monoisotopic (exact) mass is 573 g/mol. The van der Waals surface area contributed by atoms with Crippen molar-refractivity contribution in [1.82, 2.24) is 9.80 Å². The average Bonchev–Trinajstić information content (AvgIpc) is 3.60. The van der Waals surface area contributed by atoms with Crippen molar-refractivity contribution in [2.24, 2.45) is 11.8 Å². The van der Waals surface area contributed by atoms with E-state index in [4.69, 9.17) is 0 Å². The summed E-state index contributed by atoms with van der Waals surface area (Å²) in [6.45, 7) is 12.6. The third-order valence-electron chi connectivity index (χ3n) is 8.82. The number of fused-ring (bicyclic) bond motifs is 1. The molecule has 2 bridgehead atoms. The summed E-state index contributed by atoms with van der Waals surface area (Å²) < 4.78 is -0.725. The van der Waals surface area contributed by atoms with Gasteiger partial charge < -0.3 is 19.8 Å². The smallest absolute Gasteiger partial charge is 0.251 e. The molecule has 8 heteroatoms. The van der Waals surface area contributed by atoms with Gasteiger partial charge in [0, 0.05) is 37.1 Å². The van der Waals surface area contributed by atoms with Gasteiger partial charge >= 0.3 is 0 Å². The molecule has 3 aliphatic heterocycles. The molecule has 216 valence electrons. The molecule has 3 saturated heterocycles. The maximum atomic E-state index is 14.6. The van der Waals surface area contributed by atoms with Crippen LogP contribution < -0.4 is 4.90 Å². The van der Waals surface area contributed by atoms with Crippen LogP contribution in [0.5, 0.6) is 0 Å². The molecular weight excluding hydrogens is 534 g/mol. The second-order valence-electron chi connectivity index (χ2n) is 11.3. The zero-order valence-corrected chi connectivity index (χ0v) is 24.7. The van der Waals surface area contributed by atoms with E-state index in [1.54, 1.807) is 38.6 Å². The summed E-state index contributed by atoms with van der Waals surface area (Å²) >= 11 is 1.65.